The van der Waals surface area contributed by atoms with Gasteiger partial charge < -0.3 is 0 Å². The Labute approximate surface area is 163 Å². The molecule has 0 bridgehead atoms. The summed E-state index contributed by atoms with van der Waals surface area (Å²) in [7, 11) is -4.16. The summed E-state index contributed by atoms with van der Waals surface area (Å²) in [5, 5.41) is 6.54. The SMILES string of the molecule is CC(=O)Nc1nc2ccc(-c3cncc(S(=O)(=O)NCCC(F)(F)F)c3)cn2n1. The molecular weight excluding hydrogens is 413 g/mol. The van der Waals surface area contributed by atoms with Gasteiger partial charge in [0.2, 0.25) is 21.9 Å². The van der Waals surface area contributed by atoms with Crippen LogP contribution >= 0.6 is 0 Å². The summed E-state index contributed by atoms with van der Waals surface area (Å²) in [5.41, 5.74) is 1.39. The quantitative estimate of drug-likeness (QED) is 0.620. The lowest BCUT2D eigenvalue weighted by molar-refractivity contribution is -0.132. The van der Waals surface area contributed by atoms with Crippen molar-refractivity contribution < 1.29 is 26.4 Å². The van der Waals surface area contributed by atoms with E-state index in [1.807, 2.05) is 4.72 Å². The molecule has 0 saturated carbocycles. The van der Waals surface area contributed by atoms with E-state index in [1.165, 1.54) is 23.7 Å². The van der Waals surface area contributed by atoms with Gasteiger partial charge in [0.25, 0.3) is 0 Å². The first-order chi connectivity index (χ1) is 13.5. The molecule has 0 saturated heterocycles. The largest absolute Gasteiger partial charge is 0.390 e. The predicted molar refractivity (Wildman–Crippen MR) is 96.4 cm³/mol. The molecule has 0 aliphatic rings. The topological polar surface area (TPSA) is 118 Å². The van der Waals surface area contributed by atoms with Crippen LogP contribution in [-0.2, 0) is 14.8 Å². The number of anilines is 1. The Bertz CT molecular complexity index is 1160. The molecule has 0 unspecified atom stereocenters. The molecule has 0 aromatic carbocycles. The van der Waals surface area contributed by atoms with Gasteiger partial charge in [0.05, 0.1) is 6.42 Å². The number of nitrogens with zero attached hydrogens (tertiary/aromatic N) is 4. The van der Waals surface area contributed by atoms with Crippen molar-refractivity contribution in [3.63, 3.8) is 0 Å². The van der Waals surface area contributed by atoms with E-state index in [0.29, 0.717) is 16.8 Å². The van der Waals surface area contributed by atoms with Crippen LogP contribution in [0.5, 0.6) is 0 Å². The Kier molecular flexibility index (Phi) is 5.53. The number of amides is 1. The summed E-state index contributed by atoms with van der Waals surface area (Å²) in [6, 6.07) is 4.54. The highest BCUT2D eigenvalue weighted by atomic mass is 32.2. The molecule has 0 spiro atoms. The number of hydrogen-bond acceptors (Lipinski definition) is 6. The maximum absolute atomic E-state index is 12.2. The van der Waals surface area contributed by atoms with Crippen LogP contribution in [0.25, 0.3) is 16.8 Å². The molecule has 2 N–H and O–H groups in total. The van der Waals surface area contributed by atoms with E-state index in [4.69, 9.17) is 0 Å². The number of carbonyl (C=O) groups excluding carboxylic acids is 1. The second-order valence-electron chi connectivity index (χ2n) is 6.01. The average Bonchev–Trinajstić information content (AvgIpc) is 3.01. The van der Waals surface area contributed by atoms with Gasteiger partial charge >= 0.3 is 6.18 Å². The molecule has 1 amide bonds. The van der Waals surface area contributed by atoms with Crippen LogP contribution in [0.3, 0.4) is 0 Å². The highest BCUT2D eigenvalue weighted by molar-refractivity contribution is 7.89. The van der Waals surface area contributed by atoms with Crippen molar-refractivity contribution in [3.8, 4) is 11.1 Å². The van der Waals surface area contributed by atoms with E-state index in [2.05, 4.69) is 20.4 Å². The number of halogens is 3. The standard InChI is InChI=1S/C16H15F3N6O3S/c1-10(26)22-15-23-14-3-2-11(9-25(14)24-15)12-6-13(8-20-7-12)29(27,28)21-5-4-16(17,18)19/h2-3,6-9,21H,4-5H2,1H3,(H,22,24,26). The van der Waals surface area contributed by atoms with E-state index in [1.54, 1.807) is 18.3 Å². The maximum Gasteiger partial charge on any atom is 0.390 e. The lowest BCUT2D eigenvalue weighted by atomic mass is 10.1. The molecule has 3 aromatic rings. The van der Waals surface area contributed by atoms with Gasteiger partial charge in [-0.15, -0.1) is 5.10 Å². The maximum atomic E-state index is 12.2. The van der Waals surface area contributed by atoms with Crippen LogP contribution < -0.4 is 10.0 Å². The highest BCUT2D eigenvalue weighted by Crippen LogP contribution is 2.23. The number of hydrogen-bond donors (Lipinski definition) is 2. The van der Waals surface area contributed by atoms with Crippen LogP contribution in [0.4, 0.5) is 19.1 Å². The average molecular weight is 428 g/mol. The van der Waals surface area contributed by atoms with Gasteiger partial charge in [0.1, 0.15) is 4.90 Å². The molecule has 0 aliphatic heterocycles. The minimum Gasteiger partial charge on any atom is -0.293 e. The van der Waals surface area contributed by atoms with E-state index in [0.717, 1.165) is 6.20 Å². The summed E-state index contributed by atoms with van der Waals surface area (Å²) in [6.07, 6.45) is -1.74. The first kappa shape index (κ1) is 20.7. The minimum atomic E-state index is -4.47. The van der Waals surface area contributed by atoms with Gasteiger partial charge in [-0.05, 0) is 18.2 Å². The third-order valence-electron chi connectivity index (χ3n) is 3.68. The number of pyridine rings is 2. The lowest BCUT2D eigenvalue weighted by Crippen LogP contribution is -2.28. The van der Waals surface area contributed by atoms with Crippen LogP contribution in [0.1, 0.15) is 13.3 Å². The van der Waals surface area contributed by atoms with Crippen molar-refractivity contribution in [3.05, 3.63) is 36.8 Å². The van der Waals surface area contributed by atoms with Crippen molar-refractivity contribution >= 4 is 27.5 Å². The Hall–Kier alpha value is -3.06. The van der Waals surface area contributed by atoms with Gasteiger partial charge in [-0.25, -0.2) is 17.7 Å². The Morgan fingerprint density at radius 2 is 1.97 bits per heavy atom. The molecule has 0 atom stereocenters. The summed E-state index contributed by atoms with van der Waals surface area (Å²) in [6.45, 7) is 0.546. The van der Waals surface area contributed by atoms with Crippen molar-refractivity contribution in [1.82, 2.24) is 24.3 Å². The van der Waals surface area contributed by atoms with Crippen molar-refractivity contribution in [1.29, 1.82) is 0 Å². The summed E-state index contributed by atoms with van der Waals surface area (Å²) >= 11 is 0. The van der Waals surface area contributed by atoms with Gasteiger partial charge in [-0.3, -0.25) is 15.1 Å². The summed E-state index contributed by atoms with van der Waals surface area (Å²) in [5.74, 6) is -0.223. The Morgan fingerprint density at radius 3 is 2.66 bits per heavy atom. The molecule has 9 nitrogen and oxygen atoms in total. The summed E-state index contributed by atoms with van der Waals surface area (Å²) < 4.78 is 64.5. The van der Waals surface area contributed by atoms with E-state index < -0.39 is 29.2 Å². The first-order valence-corrected chi connectivity index (χ1v) is 9.68. The molecule has 0 aliphatic carbocycles. The van der Waals surface area contributed by atoms with Gasteiger partial charge in [0.15, 0.2) is 5.65 Å². The zero-order valence-electron chi connectivity index (χ0n) is 14.9. The van der Waals surface area contributed by atoms with E-state index in [9.17, 15) is 26.4 Å². The van der Waals surface area contributed by atoms with Crippen LogP contribution in [0, 0.1) is 0 Å². The second kappa shape index (κ2) is 7.75. The number of alkyl halides is 3. The fourth-order valence-electron chi connectivity index (χ4n) is 2.40. The number of fused-ring (bicyclic) bond motifs is 1. The van der Waals surface area contributed by atoms with Gasteiger partial charge in [0, 0.05) is 43.2 Å². The molecule has 3 aromatic heterocycles. The zero-order valence-corrected chi connectivity index (χ0v) is 15.8. The number of carbonyl (C=O) groups is 1. The number of nitrogens with one attached hydrogen (secondary N) is 2. The Balaban J connectivity index is 1.85. The number of aromatic nitrogens is 4. The molecule has 3 heterocycles. The normalized spacial score (nSPS) is 12.3. The van der Waals surface area contributed by atoms with Crippen LogP contribution in [0.2, 0.25) is 0 Å². The van der Waals surface area contributed by atoms with Crippen molar-refractivity contribution in [2.24, 2.45) is 0 Å². The molecular formula is C16H15F3N6O3S. The zero-order chi connectivity index (χ0) is 21.2. The Morgan fingerprint density at radius 1 is 1.21 bits per heavy atom. The molecule has 13 heteroatoms. The predicted octanol–water partition coefficient (Wildman–Crippen LogP) is 1.98. The lowest BCUT2D eigenvalue weighted by Gasteiger charge is -2.09. The van der Waals surface area contributed by atoms with Crippen molar-refractivity contribution in [2.45, 2.75) is 24.4 Å². The molecule has 0 fully saturated rings. The second-order valence-corrected chi connectivity index (χ2v) is 7.78. The van der Waals surface area contributed by atoms with Crippen molar-refractivity contribution in [2.75, 3.05) is 11.9 Å². The molecule has 154 valence electrons. The smallest absolute Gasteiger partial charge is 0.293 e. The summed E-state index contributed by atoms with van der Waals surface area (Å²) in [4.78, 5) is 18.8. The number of sulfonamides is 1. The fourth-order valence-corrected chi connectivity index (χ4v) is 3.42. The first-order valence-electron chi connectivity index (χ1n) is 8.19. The van der Waals surface area contributed by atoms with Crippen LogP contribution in [0.15, 0.2) is 41.7 Å². The third-order valence-corrected chi connectivity index (χ3v) is 5.10. The van der Waals surface area contributed by atoms with E-state index >= 15 is 0 Å². The van der Waals surface area contributed by atoms with E-state index in [-0.39, 0.29) is 16.8 Å². The molecule has 29 heavy (non-hydrogen) atoms. The van der Waals surface area contributed by atoms with Gasteiger partial charge in [-0.2, -0.15) is 18.2 Å². The molecule has 3 rings (SSSR count). The fraction of sp³-hybridized carbons (Fsp3) is 0.250. The molecule has 0 radical (unpaired) electrons. The minimum absolute atomic E-state index is 0.109. The monoisotopic (exact) mass is 428 g/mol. The van der Waals surface area contributed by atoms with Crippen LogP contribution in [-0.4, -0.2) is 46.6 Å². The number of rotatable bonds is 6. The highest BCUT2D eigenvalue weighted by Gasteiger charge is 2.27. The van der Waals surface area contributed by atoms with Gasteiger partial charge in [-0.1, -0.05) is 0 Å². The third kappa shape index (κ3) is 5.26.